The molecule has 30 heavy (non-hydrogen) atoms. The number of hydrogen-bond acceptors (Lipinski definition) is 1. The first kappa shape index (κ1) is 19.7. The van der Waals surface area contributed by atoms with Crippen molar-refractivity contribution in [3.05, 3.63) is 125 Å². The van der Waals surface area contributed by atoms with Crippen LogP contribution in [0, 0.1) is 13.8 Å². The van der Waals surface area contributed by atoms with Crippen molar-refractivity contribution < 1.29 is 0 Å². The second-order valence-corrected chi connectivity index (χ2v) is 7.79. The summed E-state index contributed by atoms with van der Waals surface area (Å²) in [4.78, 5) is 2.30. The second-order valence-electron chi connectivity index (χ2n) is 7.79. The highest BCUT2D eigenvalue weighted by Gasteiger charge is 2.12. The van der Waals surface area contributed by atoms with Crippen molar-refractivity contribution in [2.45, 2.75) is 20.8 Å². The molecule has 0 aliphatic carbocycles. The molecule has 0 fully saturated rings. The zero-order chi connectivity index (χ0) is 20.9. The topological polar surface area (TPSA) is 3.24 Å². The zero-order valence-corrected chi connectivity index (χ0v) is 17.8. The number of rotatable bonds is 5. The van der Waals surface area contributed by atoms with Crippen molar-refractivity contribution >= 4 is 28.7 Å². The molecule has 0 saturated heterocycles. The largest absolute Gasteiger partial charge is 0.311 e. The van der Waals surface area contributed by atoms with Crippen LogP contribution in [0.2, 0.25) is 0 Å². The third kappa shape index (κ3) is 4.52. The number of benzene rings is 4. The fourth-order valence-corrected chi connectivity index (χ4v) is 3.59. The van der Waals surface area contributed by atoms with Gasteiger partial charge in [-0.2, -0.15) is 0 Å². The van der Waals surface area contributed by atoms with Crippen LogP contribution in [-0.2, 0) is 0 Å². The number of hydrogen-bond donors (Lipinski definition) is 0. The standard InChI is InChI=1S/C29H27N/c1-22-9-15-27(16-10-22)30(28-17-11-23(2)12-18-28)29-19-13-25(14-20-29)21-24(3)26-7-5-4-6-8-26/h4-21H,1-3H3. The van der Waals surface area contributed by atoms with Crippen LogP contribution in [0.3, 0.4) is 0 Å². The molecule has 0 N–H and O–H groups in total. The Morgan fingerprint density at radius 3 is 1.47 bits per heavy atom. The molecule has 0 aliphatic heterocycles. The van der Waals surface area contributed by atoms with E-state index in [9.17, 15) is 0 Å². The first-order valence-electron chi connectivity index (χ1n) is 10.4. The van der Waals surface area contributed by atoms with E-state index in [1.807, 2.05) is 0 Å². The summed E-state index contributed by atoms with van der Waals surface area (Å²) in [6.07, 6.45) is 2.24. The van der Waals surface area contributed by atoms with E-state index >= 15 is 0 Å². The first-order chi connectivity index (χ1) is 14.6. The van der Waals surface area contributed by atoms with Gasteiger partial charge in [0, 0.05) is 17.1 Å². The lowest BCUT2D eigenvalue weighted by Gasteiger charge is -2.26. The highest BCUT2D eigenvalue weighted by Crippen LogP contribution is 2.35. The van der Waals surface area contributed by atoms with Gasteiger partial charge in [-0.1, -0.05) is 83.9 Å². The van der Waals surface area contributed by atoms with Crippen LogP contribution < -0.4 is 4.90 Å². The lowest BCUT2D eigenvalue weighted by molar-refractivity contribution is 1.27. The minimum Gasteiger partial charge on any atom is -0.311 e. The molecule has 1 nitrogen and oxygen atoms in total. The van der Waals surface area contributed by atoms with Gasteiger partial charge in [-0.3, -0.25) is 0 Å². The molecule has 0 bridgehead atoms. The van der Waals surface area contributed by atoms with E-state index in [4.69, 9.17) is 0 Å². The van der Waals surface area contributed by atoms with Gasteiger partial charge in [0.2, 0.25) is 0 Å². The third-order valence-corrected chi connectivity index (χ3v) is 5.35. The van der Waals surface area contributed by atoms with Gasteiger partial charge >= 0.3 is 0 Å². The van der Waals surface area contributed by atoms with Crippen LogP contribution >= 0.6 is 0 Å². The smallest absolute Gasteiger partial charge is 0.0462 e. The molecule has 0 atom stereocenters. The Hall–Kier alpha value is -3.58. The number of allylic oxidation sites excluding steroid dienone is 1. The maximum Gasteiger partial charge on any atom is 0.0462 e. The molecule has 4 aromatic rings. The van der Waals surface area contributed by atoms with Crippen molar-refractivity contribution in [1.82, 2.24) is 0 Å². The quantitative estimate of drug-likeness (QED) is 0.310. The molecule has 0 spiro atoms. The predicted molar refractivity (Wildman–Crippen MR) is 131 cm³/mol. The monoisotopic (exact) mass is 389 g/mol. The minimum atomic E-state index is 1.15. The lowest BCUT2D eigenvalue weighted by Crippen LogP contribution is -2.09. The molecule has 0 aliphatic rings. The summed E-state index contributed by atoms with van der Waals surface area (Å²) in [5, 5.41) is 0. The van der Waals surface area contributed by atoms with Gasteiger partial charge in [-0.25, -0.2) is 0 Å². The molecule has 0 saturated carbocycles. The van der Waals surface area contributed by atoms with E-state index in [0.29, 0.717) is 0 Å². The number of nitrogens with zero attached hydrogens (tertiary/aromatic N) is 1. The fourth-order valence-electron chi connectivity index (χ4n) is 3.59. The van der Waals surface area contributed by atoms with Crippen LogP contribution in [0.15, 0.2) is 103 Å². The van der Waals surface area contributed by atoms with Gasteiger partial charge < -0.3 is 4.90 Å². The summed E-state index contributed by atoms with van der Waals surface area (Å²) < 4.78 is 0. The Morgan fingerprint density at radius 2 is 1.00 bits per heavy atom. The van der Waals surface area contributed by atoms with E-state index in [-0.39, 0.29) is 0 Å². The zero-order valence-electron chi connectivity index (χ0n) is 17.8. The number of anilines is 3. The molecule has 0 aromatic heterocycles. The van der Waals surface area contributed by atoms with E-state index in [0.717, 1.165) is 17.1 Å². The Labute approximate surface area is 179 Å². The molecule has 1 heteroatoms. The van der Waals surface area contributed by atoms with Gasteiger partial charge in [-0.05, 0) is 73.9 Å². The second kappa shape index (κ2) is 8.84. The van der Waals surface area contributed by atoms with Crippen LogP contribution in [0.25, 0.3) is 11.6 Å². The summed E-state index contributed by atoms with van der Waals surface area (Å²) in [5.74, 6) is 0. The average molecular weight is 390 g/mol. The predicted octanol–water partition coefficient (Wildman–Crippen LogP) is 8.33. The van der Waals surface area contributed by atoms with Gasteiger partial charge in [0.15, 0.2) is 0 Å². The van der Waals surface area contributed by atoms with Crippen molar-refractivity contribution in [3.63, 3.8) is 0 Å². The van der Waals surface area contributed by atoms with E-state index in [1.165, 1.54) is 27.8 Å². The molecular weight excluding hydrogens is 362 g/mol. The summed E-state index contributed by atoms with van der Waals surface area (Å²) in [5.41, 5.74) is 9.71. The summed E-state index contributed by atoms with van der Waals surface area (Å²) >= 11 is 0. The van der Waals surface area contributed by atoms with Crippen LogP contribution in [0.5, 0.6) is 0 Å². The van der Waals surface area contributed by atoms with Gasteiger partial charge in [0.05, 0.1) is 0 Å². The maximum atomic E-state index is 2.30. The fraction of sp³-hybridized carbons (Fsp3) is 0.103. The molecule has 0 amide bonds. The maximum absolute atomic E-state index is 2.30. The minimum absolute atomic E-state index is 1.15. The van der Waals surface area contributed by atoms with Gasteiger partial charge in [-0.15, -0.1) is 0 Å². The molecule has 4 aromatic carbocycles. The third-order valence-electron chi connectivity index (χ3n) is 5.35. The van der Waals surface area contributed by atoms with Crippen molar-refractivity contribution in [2.75, 3.05) is 4.90 Å². The van der Waals surface area contributed by atoms with Crippen LogP contribution in [-0.4, -0.2) is 0 Å². The molecule has 148 valence electrons. The number of aryl methyl sites for hydroxylation is 2. The summed E-state index contributed by atoms with van der Waals surface area (Å²) in [6, 6.07) is 36.7. The normalized spacial score (nSPS) is 11.4. The van der Waals surface area contributed by atoms with E-state index < -0.39 is 0 Å². The van der Waals surface area contributed by atoms with Crippen LogP contribution in [0.1, 0.15) is 29.2 Å². The van der Waals surface area contributed by atoms with Gasteiger partial charge in [0.1, 0.15) is 0 Å². The first-order valence-corrected chi connectivity index (χ1v) is 10.4. The van der Waals surface area contributed by atoms with E-state index in [2.05, 4.69) is 135 Å². The van der Waals surface area contributed by atoms with Crippen molar-refractivity contribution in [2.24, 2.45) is 0 Å². The Balaban J connectivity index is 1.69. The Morgan fingerprint density at radius 1 is 0.567 bits per heavy atom. The summed E-state index contributed by atoms with van der Waals surface area (Å²) in [7, 11) is 0. The SMILES string of the molecule is CC(=Cc1ccc(N(c2ccc(C)cc2)c2ccc(C)cc2)cc1)c1ccccc1. The molecular formula is C29H27N. The average Bonchev–Trinajstić information content (AvgIpc) is 2.78. The highest BCUT2D eigenvalue weighted by atomic mass is 15.1. The van der Waals surface area contributed by atoms with Crippen molar-refractivity contribution in [3.8, 4) is 0 Å². The Kier molecular flexibility index (Phi) is 5.81. The van der Waals surface area contributed by atoms with Crippen molar-refractivity contribution in [1.29, 1.82) is 0 Å². The molecule has 0 unspecified atom stereocenters. The Bertz CT molecular complexity index is 1070. The highest BCUT2D eigenvalue weighted by molar-refractivity contribution is 5.82. The van der Waals surface area contributed by atoms with E-state index in [1.54, 1.807) is 0 Å². The lowest BCUT2D eigenvalue weighted by atomic mass is 10.0. The molecule has 0 radical (unpaired) electrons. The molecule has 4 rings (SSSR count). The van der Waals surface area contributed by atoms with Gasteiger partial charge in [0.25, 0.3) is 0 Å². The summed E-state index contributed by atoms with van der Waals surface area (Å²) in [6.45, 7) is 6.40. The molecule has 0 heterocycles. The van der Waals surface area contributed by atoms with Crippen LogP contribution in [0.4, 0.5) is 17.1 Å².